The zero-order valence-electron chi connectivity index (χ0n) is 27.7. The van der Waals surface area contributed by atoms with E-state index in [1.54, 1.807) is 6.20 Å². The lowest BCUT2D eigenvalue weighted by molar-refractivity contribution is 0.353. The Labute approximate surface area is 292 Å². The van der Waals surface area contributed by atoms with E-state index in [-0.39, 0.29) is 5.41 Å². The van der Waals surface area contributed by atoms with Crippen LogP contribution in [0.1, 0.15) is 48.8 Å². The summed E-state index contributed by atoms with van der Waals surface area (Å²) in [4.78, 5) is 14.4. The maximum atomic E-state index is 9.78. The number of hydrogen-bond acceptors (Lipinski definition) is 4. The number of pyridine rings is 1. The molecule has 2 aliphatic rings. The van der Waals surface area contributed by atoms with Crippen molar-refractivity contribution in [1.29, 1.82) is 5.26 Å². The zero-order chi connectivity index (χ0) is 33.5. The first-order valence-electron chi connectivity index (χ1n) is 17.4. The standard InChI is InChI=1S/C46H34N4/c47-29-31-14-23-39-40-13-7-12-38(44(40)46(41(39)27-31)24-5-2-6-25-46)33-17-21-35(22-18-33)43-28-42(49-45(50-43)36-9-3-1-4-10-36)34-19-15-32(16-20-34)37-11-8-26-48-30-37/h1,3-4,7-23,26-28,30H,2,5-6,24-25H2. The van der Waals surface area contributed by atoms with E-state index in [1.807, 2.05) is 36.5 Å². The second-order valence-electron chi connectivity index (χ2n) is 13.5. The highest BCUT2D eigenvalue weighted by atomic mass is 14.9. The number of benzene rings is 5. The number of rotatable bonds is 5. The lowest BCUT2D eigenvalue weighted by Gasteiger charge is -2.37. The van der Waals surface area contributed by atoms with E-state index in [0.29, 0.717) is 5.82 Å². The molecule has 0 amide bonds. The van der Waals surface area contributed by atoms with E-state index in [4.69, 9.17) is 9.97 Å². The van der Waals surface area contributed by atoms with E-state index in [2.05, 4.69) is 114 Å². The Kier molecular flexibility index (Phi) is 7.40. The number of hydrogen-bond donors (Lipinski definition) is 0. The quantitative estimate of drug-likeness (QED) is 0.187. The highest BCUT2D eigenvalue weighted by Gasteiger charge is 2.45. The molecular formula is C46H34N4. The monoisotopic (exact) mass is 642 g/mol. The van der Waals surface area contributed by atoms with Gasteiger partial charge in [-0.1, -0.05) is 128 Å². The maximum Gasteiger partial charge on any atom is 0.160 e. The van der Waals surface area contributed by atoms with Gasteiger partial charge < -0.3 is 0 Å². The maximum absolute atomic E-state index is 9.78. The Morgan fingerprint density at radius 3 is 1.86 bits per heavy atom. The predicted octanol–water partition coefficient (Wildman–Crippen LogP) is 11.3. The molecule has 0 aliphatic heterocycles. The van der Waals surface area contributed by atoms with Gasteiger partial charge in [-0.05, 0) is 81.6 Å². The molecule has 2 aromatic heterocycles. The summed E-state index contributed by atoms with van der Waals surface area (Å²) in [5.41, 5.74) is 15.6. The minimum absolute atomic E-state index is 0.0518. The molecule has 2 aliphatic carbocycles. The predicted molar refractivity (Wildman–Crippen MR) is 201 cm³/mol. The van der Waals surface area contributed by atoms with Crippen LogP contribution in [0, 0.1) is 11.3 Å². The first kappa shape index (κ1) is 29.9. The lowest BCUT2D eigenvalue weighted by atomic mass is 9.66. The van der Waals surface area contributed by atoms with Crippen LogP contribution in [0.2, 0.25) is 0 Å². The third-order valence-electron chi connectivity index (χ3n) is 10.6. The number of nitrogens with zero attached hydrogens (tertiary/aromatic N) is 4. The van der Waals surface area contributed by atoms with Gasteiger partial charge in [-0.3, -0.25) is 4.98 Å². The van der Waals surface area contributed by atoms with Crippen LogP contribution in [0.3, 0.4) is 0 Å². The number of aromatic nitrogens is 3. The first-order chi connectivity index (χ1) is 24.7. The van der Waals surface area contributed by atoms with Gasteiger partial charge in [0.1, 0.15) is 0 Å². The van der Waals surface area contributed by atoms with E-state index in [1.165, 1.54) is 52.6 Å². The summed E-state index contributed by atoms with van der Waals surface area (Å²) in [5.74, 6) is 0.702. The van der Waals surface area contributed by atoms with E-state index >= 15 is 0 Å². The molecule has 0 radical (unpaired) electrons. The van der Waals surface area contributed by atoms with Crippen LogP contribution >= 0.6 is 0 Å². The van der Waals surface area contributed by atoms with Crippen LogP contribution in [0.5, 0.6) is 0 Å². The van der Waals surface area contributed by atoms with Crippen LogP contribution in [-0.4, -0.2) is 15.0 Å². The highest BCUT2D eigenvalue weighted by Crippen LogP contribution is 2.58. The molecule has 238 valence electrons. The molecule has 1 saturated carbocycles. The molecule has 4 heteroatoms. The summed E-state index contributed by atoms with van der Waals surface area (Å²) in [5, 5.41) is 9.78. The van der Waals surface area contributed by atoms with Crippen LogP contribution in [-0.2, 0) is 5.41 Å². The molecule has 7 aromatic rings. The average molecular weight is 643 g/mol. The Morgan fingerprint density at radius 2 is 1.18 bits per heavy atom. The first-order valence-corrected chi connectivity index (χ1v) is 17.4. The summed E-state index contributed by atoms with van der Waals surface area (Å²) in [6.45, 7) is 0. The Morgan fingerprint density at radius 1 is 0.520 bits per heavy atom. The van der Waals surface area contributed by atoms with Gasteiger partial charge >= 0.3 is 0 Å². The van der Waals surface area contributed by atoms with Gasteiger partial charge in [0.25, 0.3) is 0 Å². The summed E-state index contributed by atoms with van der Waals surface area (Å²) >= 11 is 0. The van der Waals surface area contributed by atoms with Crippen molar-refractivity contribution in [1.82, 2.24) is 15.0 Å². The molecule has 1 fully saturated rings. The SMILES string of the molecule is N#Cc1ccc2c(c1)C1(CCCCC1)c1c(-c3ccc(-c4cc(-c5ccc(-c6cccnc6)cc5)nc(-c5ccccc5)n4)cc3)cccc1-2. The lowest BCUT2D eigenvalue weighted by Crippen LogP contribution is -2.28. The normalized spacial score (nSPS) is 14.1. The van der Waals surface area contributed by atoms with Crippen molar-refractivity contribution >= 4 is 0 Å². The van der Waals surface area contributed by atoms with Crippen molar-refractivity contribution in [2.45, 2.75) is 37.5 Å². The molecule has 0 N–H and O–H groups in total. The minimum atomic E-state index is -0.0518. The second kappa shape index (κ2) is 12.4. The minimum Gasteiger partial charge on any atom is -0.264 e. The fourth-order valence-corrected chi connectivity index (χ4v) is 8.23. The van der Waals surface area contributed by atoms with Gasteiger partial charge in [-0.15, -0.1) is 0 Å². The Balaban J connectivity index is 1.12. The van der Waals surface area contributed by atoms with Crippen molar-refractivity contribution in [3.63, 3.8) is 0 Å². The van der Waals surface area contributed by atoms with Gasteiger partial charge in [-0.2, -0.15) is 5.26 Å². The molecule has 9 rings (SSSR count). The molecule has 50 heavy (non-hydrogen) atoms. The fourth-order valence-electron chi connectivity index (χ4n) is 8.23. The summed E-state index contributed by atoms with van der Waals surface area (Å²) < 4.78 is 0. The van der Waals surface area contributed by atoms with Crippen molar-refractivity contribution in [3.8, 4) is 73.4 Å². The molecule has 2 heterocycles. The smallest absolute Gasteiger partial charge is 0.160 e. The topological polar surface area (TPSA) is 62.5 Å². The Bertz CT molecular complexity index is 2380. The van der Waals surface area contributed by atoms with Crippen molar-refractivity contribution in [3.05, 3.63) is 163 Å². The largest absolute Gasteiger partial charge is 0.264 e. The summed E-state index contributed by atoms with van der Waals surface area (Å²) in [7, 11) is 0. The second-order valence-corrected chi connectivity index (χ2v) is 13.5. The van der Waals surface area contributed by atoms with Crippen LogP contribution < -0.4 is 0 Å². The summed E-state index contributed by atoms with van der Waals surface area (Å²) in [6, 6.07) is 49.2. The molecular weight excluding hydrogens is 609 g/mol. The molecule has 0 saturated heterocycles. The Hall–Kier alpha value is -6.18. The van der Waals surface area contributed by atoms with Gasteiger partial charge in [0.15, 0.2) is 5.82 Å². The molecule has 0 bridgehead atoms. The molecule has 1 spiro atoms. The van der Waals surface area contributed by atoms with Crippen molar-refractivity contribution in [2.75, 3.05) is 0 Å². The van der Waals surface area contributed by atoms with E-state index < -0.39 is 0 Å². The molecule has 4 nitrogen and oxygen atoms in total. The van der Waals surface area contributed by atoms with Gasteiger partial charge in [0, 0.05) is 34.5 Å². The highest BCUT2D eigenvalue weighted by molar-refractivity contribution is 5.89. The average Bonchev–Trinajstić information content (AvgIpc) is 3.46. The van der Waals surface area contributed by atoms with E-state index in [0.717, 1.165) is 57.6 Å². The third kappa shape index (κ3) is 5.11. The number of fused-ring (bicyclic) bond motifs is 5. The number of nitriles is 1. The van der Waals surface area contributed by atoms with E-state index in [9.17, 15) is 5.26 Å². The molecule has 0 unspecified atom stereocenters. The van der Waals surface area contributed by atoms with Gasteiger partial charge in [-0.25, -0.2) is 9.97 Å². The van der Waals surface area contributed by atoms with Crippen LogP contribution in [0.4, 0.5) is 0 Å². The van der Waals surface area contributed by atoms with Crippen LogP contribution in [0.25, 0.3) is 67.3 Å². The van der Waals surface area contributed by atoms with Gasteiger partial charge in [0.2, 0.25) is 0 Å². The molecule has 0 atom stereocenters. The molecule has 5 aromatic carbocycles. The third-order valence-corrected chi connectivity index (χ3v) is 10.6. The summed E-state index contributed by atoms with van der Waals surface area (Å²) in [6.07, 6.45) is 9.59. The van der Waals surface area contributed by atoms with Gasteiger partial charge in [0.05, 0.1) is 23.0 Å². The van der Waals surface area contributed by atoms with Crippen LogP contribution in [0.15, 0.2) is 146 Å². The van der Waals surface area contributed by atoms with Crippen molar-refractivity contribution < 1.29 is 0 Å². The zero-order valence-corrected chi connectivity index (χ0v) is 27.7. The van der Waals surface area contributed by atoms with Crippen molar-refractivity contribution in [2.24, 2.45) is 0 Å². The fraction of sp³-hybridized carbons (Fsp3) is 0.130.